The van der Waals surface area contributed by atoms with Crippen molar-refractivity contribution in [1.82, 2.24) is 29.3 Å². The second-order valence-electron chi connectivity index (χ2n) is 7.98. The zero-order valence-corrected chi connectivity index (χ0v) is 20.8. The molecule has 188 valence electrons. The Morgan fingerprint density at radius 2 is 1.64 bits per heavy atom. The van der Waals surface area contributed by atoms with Gasteiger partial charge >= 0.3 is 0 Å². The Bertz CT molecular complexity index is 1500. The lowest BCUT2D eigenvalue weighted by molar-refractivity contribution is 0.353. The highest BCUT2D eigenvalue weighted by atomic mass is 32.2. The van der Waals surface area contributed by atoms with Crippen LogP contribution >= 0.6 is 0 Å². The molecule has 0 unspecified atom stereocenters. The Hall–Kier alpha value is -3.97. The van der Waals surface area contributed by atoms with E-state index in [1.807, 2.05) is 29.2 Å². The average molecular weight is 512 g/mol. The third kappa shape index (κ3) is 4.16. The average Bonchev–Trinajstić information content (AvgIpc) is 3.37. The summed E-state index contributed by atoms with van der Waals surface area (Å²) in [5.74, 6) is 2.13. The van der Waals surface area contributed by atoms with Gasteiger partial charge in [-0.15, -0.1) is 5.10 Å². The molecule has 4 aromatic rings. The number of sulfonamides is 1. The maximum absolute atomic E-state index is 13.3. The fourth-order valence-corrected chi connectivity index (χ4v) is 5.59. The highest BCUT2D eigenvalue weighted by molar-refractivity contribution is 7.89. The number of piperazine rings is 1. The smallest absolute Gasteiger partial charge is 0.243 e. The van der Waals surface area contributed by atoms with Crippen molar-refractivity contribution in [2.75, 3.05) is 52.4 Å². The van der Waals surface area contributed by atoms with Crippen LogP contribution in [0.3, 0.4) is 0 Å². The quantitative estimate of drug-likeness (QED) is 0.362. The Labute approximate surface area is 208 Å². The minimum absolute atomic E-state index is 0.152. The molecule has 0 atom stereocenters. The number of ether oxygens (including phenoxy) is 3. The first-order valence-electron chi connectivity index (χ1n) is 11.1. The molecule has 1 aliphatic rings. The van der Waals surface area contributed by atoms with E-state index in [0.29, 0.717) is 47.3 Å². The van der Waals surface area contributed by atoms with Gasteiger partial charge in [0.1, 0.15) is 12.1 Å². The summed E-state index contributed by atoms with van der Waals surface area (Å²) in [6.07, 6.45) is 1.46. The standard InChI is InChI=1S/C23H25N7O5S/c1-33-17-6-4-5-16(13-17)30-23-21(26-27-30)22(24-15-25-23)28-9-11-29(12-10-28)36(31,32)18-7-8-19(34-2)20(14-18)35-3/h4-8,13-15H,9-12H2,1-3H3. The maximum Gasteiger partial charge on any atom is 0.243 e. The van der Waals surface area contributed by atoms with E-state index in [-0.39, 0.29) is 18.0 Å². The number of hydrogen-bond acceptors (Lipinski definition) is 10. The number of nitrogens with zero attached hydrogens (tertiary/aromatic N) is 7. The molecule has 1 aliphatic heterocycles. The number of fused-ring (bicyclic) bond motifs is 1. The van der Waals surface area contributed by atoms with Crippen molar-refractivity contribution >= 4 is 27.0 Å². The van der Waals surface area contributed by atoms with Gasteiger partial charge in [0.2, 0.25) is 10.0 Å². The predicted molar refractivity (Wildman–Crippen MR) is 132 cm³/mol. The minimum Gasteiger partial charge on any atom is -0.497 e. The zero-order valence-electron chi connectivity index (χ0n) is 20.0. The molecule has 0 saturated carbocycles. The van der Waals surface area contributed by atoms with Gasteiger partial charge < -0.3 is 19.1 Å². The number of hydrogen-bond donors (Lipinski definition) is 0. The molecule has 1 fully saturated rings. The third-order valence-corrected chi connectivity index (χ3v) is 7.94. The number of benzene rings is 2. The van der Waals surface area contributed by atoms with E-state index in [0.717, 1.165) is 5.69 Å². The summed E-state index contributed by atoms with van der Waals surface area (Å²) >= 11 is 0. The lowest BCUT2D eigenvalue weighted by Crippen LogP contribution is -2.49. The summed E-state index contributed by atoms with van der Waals surface area (Å²) in [6, 6.07) is 12.0. The van der Waals surface area contributed by atoms with E-state index in [4.69, 9.17) is 14.2 Å². The van der Waals surface area contributed by atoms with Crippen LogP contribution in [-0.4, -0.2) is 85.2 Å². The van der Waals surface area contributed by atoms with Gasteiger partial charge in [0.05, 0.1) is 31.9 Å². The highest BCUT2D eigenvalue weighted by Gasteiger charge is 2.31. The van der Waals surface area contributed by atoms with Crippen molar-refractivity contribution in [2.24, 2.45) is 0 Å². The monoisotopic (exact) mass is 511 g/mol. The Morgan fingerprint density at radius 1 is 0.861 bits per heavy atom. The van der Waals surface area contributed by atoms with E-state index in [1.165, 1.54) is 37.0 Å². The summed E-state index contributed by atoms with van der Waals surface area (Å²) in [5.41, 5.74) is 1.84. The summed E-state index contributed by atoms with van der Waals surface area (Å²) in [7, 11) is 0.866. The lowest BCUT2D eigenvalue weighted by Gasteiger charge is -2.34. The summed E-state index contributed by atoms with van der Waals surface area (Å²) in [4.78, 5) is 11.0. The Balaban J connectivity index is 1.37. The van der Waals surface area contributed by atoms with Gasteiger partial charge in [0, 0.05) is 38.3 Å². The van der Waals surface area contributed by atoms with Crippen LogP contribution in [0.4, 0.5) is 5.82 Å². The second-order valence-corrected chi connectivity index (χ2v) is 9.92. The second kappa shape index (κ2) is 9.59. The molecule has 0 bridgehead atoms. The normalized spacial score (nSPS) is 14.7. The van der Waals surface area contributed by atoms with Crippen LogP contribution in [0.15, 0.2) is 53.7 Å². The highest BCUT2D eigenvalue weighted by Crippen LogP contribution is 2.31. The Kier molecular flexibility index (Phi) is 6.33. The fraction of sp³-hybridized carbons (Fsp3) is 0.304. The molecule has 2 aromatic carbocycles. The molecule has 0 spiro atoms. The van der Waals surface area contributed by atoms with Crippen LogP contribution < -0.4 is 19.1 Å². The topological polar surface area (TPSA) is 125 Å². The SMILES string of the molecule is COc1cccc(-n2nnc3c(N4CCN(S(=O)(=O)c5ccc(OC)c(OC)c5)CC4)ncnc32)c1. The Morgan fingerprint density at radius 3 is 2.36 bits per heavy atom. The molecular weight excluding hydrogens is 486 g/mol. The molecule has 36 heavy (non-hydrogen) atoms. The van der Waals surface area contributed by atoms with Gasteiger partial charge in [-0.3, -0.25) is 0 Å². The van der Waals surface area contributed by atoms with Gasteiger partial charge in [0.15, 0.2) is 28.5 Å². The van der Waals surface area contributed by atoms with E-state index < -0.39 is 10.0 Å². The van der Waals surface area contributed by atoms with E-state index in [9.17, 15) is 8.42 Å². The first kappa shape index (κ1) is 23.8. The molecule has 13 heteroatoms. The maximum atomic E-state index is 13.3. The minimum atomic E-state index is -3.71. The number of methoxy groups -OCH3 is 3. The van der Waals surface area contributed by atoms with Crippen molar-refractivity contribution in [3.8, 4) is 22.9 Å². The lowest BCUT2D eigenvalue weighted by atomic mass is 10.3. The van der Waals surface area contributed by atoms with E-state index >= 15 is 0 Å². The third-order valence-electron chi connectivity index (χ3n) is 6.05. The molecule has 12 nitrogen and oxygen atoms in total. The van der Waals surface area contributed by atoms with E-state index in [2.05, 4.69) is 20.3 Å². The van der Waals surface area contributed by atoms with Crippen molar-refractivity contribution in [3.63, 3.8) is 0 Å². The molecule has 0 N–H and O–H groups in total. The molecular formula is C23H25N7O5S. The molecule has 0 amide bonds. The van der Waals surface area contributed by atoms with Gasteiger partial charge in [-0.2, -0.15) is 8.99 Å². The summed E-state index contributed by atoms with van der Waals surface area (Å²) in [6.45, 7) is 1.44. The van der Waals surface area contributed by atoms with Gasteiger partial charge in [-0.1, -0.05) is 11.3 Å². The van der Waals surface area contributed by atoms with Crippen LogP contribution in [0.2, 0.25) is 0 Å². The first-order valence-corrected chi connectivity index (χ1v) is 12.6. The molecule has 2 aromatic heterocycles. The van der Waals surface area contributed by atoms with Crippen molar-refractivity contribution in [3.05, 3.63) is 48.8 Å². The first-order chi connectivity index (χ1) is 17.5. The molecule has 1 saturated heterocycles. The molecule has 5 rings (SSSR count). The molecule has 3 heterocycles. The van der Waals surface area contributed by atoms with Gasteiger partial charge in [0.25, 0.3) is 0 Å². The summed E-state index contributed by atoms with van der Waals surface area (Å²) in [5, 5.41) is 8.60. The molecule has 0 radical (unpaired) electrons. The van der Waals surface area contributed by atoms with Crippen LogP contribution in [0, 0.1) is 0 Å². The van der Waals surface area contributed by atoms with Crippen LogP contribution in [0.5, 0.6) is 17.2 Å². The van der Waals surface area contributed by atoms with Crippen LogP contribution in [0.1, 0.15) is 0 Å². The van der Waals surface area contributed by atoms with Crippen molar-refractivity contribution in [1.29, 1.82) is 0 Å². The summed E-state index contributed by atoms with van der Waals surface area (Å²) < 4.78 is 45.4. The number of aromatic nitrogens is 5. The predicted octanol–water partition coefficient (Wildman–Crippen LogP) is 1.75. The molecule has 0 aliphatic carbocycles. The largest absolute Gasteiger partial charge is 0.497 e. The number of anilines is 1. The van der Waals surface area contributed by atoms with Gasteiger partial charge in [-0.05, 0) is 24.3 Å². The van der Waals surface area contributed by atoms with Crippen molar-refractivity contribution < 1.29 is 22.6 Å². The fourth-order valence-electron chi connectivity index (χ4n) is 4.15. The van der Waals surface area contributed by atoms with E-state index in [1.54, 1.807) is 17.9 Å². The van der Waals surface area contributed by atoms with Crippen LogP contribution in [0.25, 0.3) is 16.9 Å². The van der Waals surface area contributed by atoms with Gasteiger partial charge in [-0.25, -0.2) is 18.4 Å². The zero-order chi connectivity index (χ0) is 25.3. The van der Waals surface area contributed by atoms with Crippen molar-refractivity contribution in [2.45, 2.75) is 4.90 Å². The number of rotatable bonds is 7. The van der Waals surface area contributed by atoms with Crippen LogP contribution in [-0.2, 0) is 10.0 Å².